The Labute approximate surface area is 94.9 Å². The Balaban J connectivity index is 2.69. The molecule has 0 atom stereocenters. The first-order valence-corrected chi connectivity index (χ1v) is 4.99. The lowest BCUT2D eigenvalue weighted by molar-refractivity contribution is 1.09. The summed E-state index contributed by atoms with van der Waals surface area (Å²) in [6.07, 6.45) is 0.758. The molecule has 0 saturated heterocycles. The zero-order valence-electron chi connectivity index (χ0n) is 8.47. The van der Waals surface area contributed by atoms with E-state index in [4.69, 9.17) is 16.9 Å². The highest BCUT2D eigenvalue weighted by Gasteiger charge is 2.01. The molecular weight excluding hydrogens is 208 g/mol. The minimum atomic E-state index is 0.601. The largest absolute Gasteiger partial charge is 0.383 e. The molecule has 0 bridgehead atoms. The van der Waals surface area contributed by atoms with Gasteiger partial charge in [0.15, 0.2) is 0 Å². The standard InChI is InChI=1S/C12H11ClN2/c1-2-3-4-7-15-12-8-11(13)6-5-10(12)9-14/h5-6,8,15H,4,7H2,1H3. The first-order chi connectivity index (χ1) is 7.27. The van der Waals surface area contributed by atoms with E-state index in [-0.39, 0.29) is 0 Å². The van der Waals surface area contributed by atoms with Gasteiger partial charge in [0.25, 0.3) is 0 Å². The van der Waals surface area contributed by atoms with Crippen LogP contribution < -0.4 is 5.32 Å². The molecule has 0 aliphatic carbocycles. The molecule has 15 heavy (non-hydrogen) atoms. The molecule has 0 spiro atoms. The van der Waals surface area contributed by atoms with Gasteiger partial charge in [0.2, 0.25) is 0 Å². The maximum Gasteiger partial charge on any atom is 0.101 e. The summed E-state index contributed by atoms with van der Waals surface area (Å²) in [6, 6.07) is 7.27. The van der Waals surface area contributed by atoms with Crippen LogP contribution in [0.2, 0.25) is 5.02 Å². The Bertz CT molecular complexity index is 435. The summed E-state index contributed by atoms with van der Waals surface area (Å²) in [5, 5.41) is 12.6. The van der Waals surface area contributed by atoms with E-state index in [0.717, 1.165) is 18.7 Å². The second kappa shape index (κ2) is 5.96. The molecule has 0 radical (unpaired) electrons. The smallest absolute Gasteiger partial charge is 0.101 e. The van der Waals surface area contributed by atoms with Gasteiger partial charge in [-0.1, -0.05) is 11.6 Å². The third-order valence-corrected chi connectivity index (χ3v) is 2.08. The van der Waals surface area contributed by atoms with Crippen molar-refractivity contribution < 1.29 is 0 Å². The van der Waals surface area contributed by atoms with Crippen LogP contribution in [-0.4, -0.2) is 6.54 Å². The van der Waals surface area contributed by atoms with E-state index in [1.807, 2.05) is 0 Å². The van der Waals surface area contributed by atoms with Crippen molar-refractivity contribution in [2.75, 3.05) is 11.9 Å². The van der Waals surface area contributed by atoms with Crippen LogP contribution in [-0.2, 0) is 0 Å². The second-order valence-corrected chi connectivity index (χ2v) is 3.34. The van der Waals surface area contributed by atoms with Crippen LogP contribution in [0.1, 0.15) is 18.9 Å². The van der Waals surface area contributed by atoms with Crippen molar-refractivity contribution in [2.45, 2.75) is 13.3 Å². The van der Waals surface area contributed by atoms with Crippen LogP contribution in [0.4, 0.5) is 5.69 Å². The maximum atomic E-state index is 8.85. The van der Waals surface area contributed by atoms with Gasteiger partial charge in [0.05, 0.1) is 11.3 Å². The lowest BCUT2D eigenvalue weighted by Crippen LogP contribution is -2.02. The summed E-state index contributed by atoms with van der Waals surface area (Å²) in [5.41, 5.74) is 1.37. The van der Waals surface area contributed by atoms with E-state index in [0.29, 0.717) is 10.6 Å². The Kier molecular flexibility index (Phi) is 4.54. The van der Waals surface area contributed by atoms with Gasteiger partial charge in [0.1, 0.15) is 6.07 Å². The van der Waals surface area contributed by atoms with Gasteiger partial charge in [-0.15, -0.1) is 11.8 Å². The Morgan fingerprint density at radius 1 is 1.47 bits per heavy atom. The topological polar surface area (TPSA) is 35.8 Å². The number of benzene rings is 1. The average molecular weight is 219 g/mol. The number of hydrogen-bond acceptors (Lipinski definition) is 2. The fraction of sp³-hybridized carbons (Fsp3) is 0.250. The third kappa shape index (κ3) is 3.54. The summed E-state index contributed by atoms with van der Waals surface area (Å²) in [5.74, 6) is 5.76. The first kappa shape index (κ1) is 11.4. The lowest BCUT2D eigenvalue weighted by atomic mass is 10.2. The van der Waals surface area contributed by atoms with Crippen LogP contribution in [0.5, 0.6) is 0 Å². The number of nitrogens with one attached hydrogen (secondary N) is 1. The molecule has 3 heteroatoms. The monoisotopic (exact) mass is 218 g/mol. The van der Waals surface area contributed by atoms with Gasteiger partial charge in [-0.3, -0.25) is 0 Å². The van der Waals surface area contributed by atoms with E-state index < -0.39 is 0 Å². The van der Waals surface area contributed by atoms with Crippen molar-refractivity contribution in [1.29, 1.82) is 5.26 Å². The predicted molar refractivity (Wildman–Crippen MR) is 62.7 cm³/mol. The van der Waals surface area contributed by atoms with E-state index in [9.17, 15) is 0 Å². The van der Waals surface area contributed by atoms with Crippen LogP contribution in [0.25, 0.3) is 0 Å². The van der Waals surface area contributed by atoms with Crippen molar-refractivity contribution in [2.24, 2.45) is 0 Å². The fourth-order valence-corrected chi connectivity index (χ4v) is 1.32. The number of hydrogen-bond donors (Lipinski definition) is 1. The SMILES string of the molecule is CC#CCCNc1cc(Cl)ccc1C#N. The van der Waals surface area contributed by atoms with Gasteiger partial charge >= 0.3 is 0 Å². The summed E-state index contributed by atoms with van der Waals surface area (Å²) in [6.45, 7) is 2.52. The molecule has 0 heterocycles. The lowest BCUT2D eigenvalue weighted by Gasteiger charge is -2.06. The molecular formula is C12H11ClN2. The van der Waals surface area contributed by atoms with E-state index in [2.05, 4.69) is 23.2 Å². The van der Waals surface area contributed by atoms with Gasteiger partial charge in [0, 0.05) is 18.0 Å². The quantitative estimate of drug-likeness (QED) is 0.625. The summed E-state index contributed by atoms with van der Waals surface area (Å²) in [7, 11) is 0. The van der Waals surface area contributed by atoms with Crippen molar-refractivity contribution in [3.63, 3.8) is 0 Å². The fourth-order valence-electron chi connectivity index (χ4n) is 1.14. The summed E-state index contributed by atoms with van der Waals surface area (Å²) < 4.78 is 0. The zero-order chi connectivity index (χ0) is 11.1. The van der Waals surface area contributed by atoms with E-state index in [1.165, 1.54) is 0 Å². The number of rotatable bonds is 3. The normalized spacial score (nSPS) is 8.60. The molecule has 1 aromatic rings. The zero-order valence-corrected chi connectivity index (χ0v) is 9.23. The van der Waals surface area contributed by atoms with Gasteiger partial charge in [-0.2, -0.15) is 5.26 Å². The Morgan fingerprint density at radius 2 is 2.27 bits per heavy atom. The first-order valence-electron chi connectivity index (χ1n) is 4.61. The molecule has 0 unspecified atom stereocenters. The molecule has 0 saturated carbocycles. The second-order valence-electron chi connectivity index (χ2n) is 2.91. The number of anilines is 1. The van der Waals surface area contributed by atoms with Crippen molar-refractivity contribution in [3.8, 4) is 17.9 Å². The van der Waals surface area contributed by atoms with Crippen LogP contribution in [0.15, 0.2) is 18.2 Å². The molecule has 0 aromatic heterocycles. The Morgan fingerprint density at radius 3 is 2.93 bits per heavy atom. The molecule has 1 N–H and O–H groups in total. The predicted octanol–water partition coefficient (Wildman–Crippen LogP) is 3.04. The molecule has 0 fully saturated rings. The molecule has 0 aliphatic rings. The van der Waals surface area contributed by atoms with Crippen molar-refractivity contribution in [1.82, 2.24) is 0 Å². The van der Waals surface area contributed by atoms with E-state index >= 15 is 0 Å². The van der Waals surface area contributed by atoms with E-state index in [1.54, 1.807) is 25.1 Å². The highest BCUT2D eigenvalue weighted by molar-refractivity contribution is 6.30. The molecule has 1 aromatic carbocycles. The number of halogens is 1. The van der Waals surface area contributed by atoms with Gasteiger partial charge in [-0.05, 0) is 25.1 Å². The summed E-state index contributed by atoms with van der Waals surface area (Å²) >= 11 is 5.84. The van der Waals surface area contributed by atoms with Crippen molar-refractivity contribution >= 4 is 17.3 Å². The molecule has 0 aliphatic heterocycles. The minimum Gasteiger partial charge on any atom is -0.383 e. The molecule has 0 amide bonds. The average Bonchev–Trinajstić information content (AvgIpc) is 2.25. The van der Waals surface area contributed by atoms with Crippen molar-refractivity contribution in [3.05, 3.63) is 28.8 Å². The summed E-state index contributed by atoms with van der Waals surface area (Å²) in [4.78, 5) is 0. The highest BCUT2D eigenvalue weighted by atomic mass is 35.5. The van der Waals surface area contributed by atoms with Crippen LogP contribution in [0.3, 0.4) is 0 Å². The molecule has 76 valence electrons. The minimum absolute atomic E-state index is 0.601. The Hall–Kier alpha value is -1.64. The van der Waals surface area contributed by atoms with Gasteiger partial charge in [-0.25, -0.2) is 0 Å². The number of nitriles is 1. The van der Waals surface area contributed by atoms with Crippen LogP contribution >= 0.6 is 11.6 Å². The highest BCUT2D eigenvalue weighted by Crippen LogP contribution is 2.20. The molecule has 1 rings (SSSR count). The third-order valence-electron chi connectivity index (χ3n) is 1.84. The maximum absolute atomic E-state index is 8.85. The van der Waals surface area contributed by atoms with Crippen LogP contribution in [0, 0.1) is 23.2 Å². The number of nitrogens with zero attached hydrogens (tertiary/aromatic N) is 1. The molecule has 2 nitrogen and oxygen atoms in total. The van der Waals surface area contributed by atoms with Gasteiger partial charge < -0.3 is 5.32 Å².